The van der Waals surface area contributed by atoms with Gasteiger partial charge in [0.2, 0.25) is 0 Å². The first kappa shape index (κ1) is 13.1. The number of nitrogens with one attached hydrogen (secondary N) is 1. The van der Waals surface area contributed by atoms with Gasteiger partial charge in [-0.1, -0.05) is 0 Å². The molecule has 0 saturated heterocycles. The van der Waals surface area contributed by atoms with Crippen LogP contribution in [0.2, 0.25) is 0 Å². The SMILES string of the molecule is Cc1nn(C)c(C)c1C(=O)Nc1cc(F)ccc1N. The van der Waals surface area contributed by atoms with E-state index in [9.17, 15) is 9.18 Å². The van der Waals surface area contributed by atoms with Gasteiger partial charge >= 0.3 is 0 Å². The van der Waals surface area contributed by atoms with Crippen molar-refractivity contribution in [1.82, 2.24) is 9.78 Å². The van der Waals surface area contributed by atoms with Crippen molar-refractivity contribution in [2.75, 3.05) is 11.1 Å². The molecule has 0 spiro atoms. The second-order valence-corrected chi connectivity index (χ2v) is 4.36. The average molecular weight is 262 g/mol. The number of hydrogen-bond donors (Lipinski definition) is 2. The van der Waals surface area contributed by atoms with Gasteiger partial charge in [0.25, 0.3) is 5.91 Å². The molecule has 1 aromatic heterocycles. The number of nitrogen functional groups attached to an aromatic ring is 1. The Hall–Kier alpha value is -2.37. The third-order valence-corrected chi connectivity index (χ3v) is 3.00. The number of rotatable bonds is 2. The standard InChI is InChI=1S/C13H15FN4O/c1-7-12(8(2)18(3)17-7)13(19)16-11-6-9(14)4-5-10(11)15/h4-6H,15H2,1-3H3,(H,16,19). The Bertz CT molecular complexity index is 648. The van der Waals surface area contributed by atoms with Gasteiger partial charge in [0, 0.05) is 12.7 Å². The summed E-state index contributed by atoms with van der Waals surface area (Å²) >= 11 is 0. The van der Waals surface area contributed by atoms with Crippen LogP contribution in [0, 0.1) is 19.7 Å². The lowest BCUT2D eigenvalue weighted by molar-refractivity contribution is 0.102. The van der Waals surface area contributed by atoms with Crippen LogP contribution >= 0.6 is 0 Å². The van der Waals surface area contributed by atoms with Crippen molar-refractivity contribution in [3.05, 3.63) is 41.0 Å². The fourth-order valence-corrected chi connectivity index (χ4v) is 1.92. The van der Waals surface area contributed by atoms with E-state index in [1.807, 2.05) is 0 Å². The van der Waals surface area contributed by atoms with Crippen molar-refractivity contribution in [2.24, 2.45) is 7.05 Å². The van der Waals surface area contributed by atoms with E-state index in [2.05, 4.69) is 10.4 Å². The Morgan fingerprint density at radius 1 is 1.42 bits per heavy atom. The van der Waals surface area contributed by atoms with Crippen LogP contribution in [0.1, 0.15) is 21.7 Å². The maximum Gasteiger partial charge on any atom is 0.259 e. The lowest BCUT2D eigenvalue weighted by Crippen LogP contribution is -2.15. The van der Waals surface area contributed by atoms with Crippen LogP contribution < -0.4 is 11.1 Å². The summed E-state index contributed by atoms with van der Waals surface area (Å²) in [4.78, 5) is 12.2. The van der Waals surface area contributed by atoms with E-state index in [4.69, 9.17) is 5.73 Å². The Labute approximate surface area is 110 Å². The summed E-state index contributed by atoms with van der Waals surface area (Å²) in [5, 5.41) is 6.77. The highest BCUT2D eigenvalue weighted by Crippen LogP contribution is 2.21. The van der Waals surface area contributed by atoms with Crippen LogP contribution in [0.3, 0.4) is 0 Å². The molecule has 0 fully saturated rings. The van der Waals surface area contributed by atoms with Gasteiger partial charge in [0.15, 0.2) is 0 Å². The fourth-order valence-electron chi connectivity index (χ4n) is 1.92. The first-order valence-corrected chi connectivity index (χ1v) is 5.76. The topological polar surface area (TPSA) is 72.9 Å². The number of amides is 1. The number of halogens is 1. The number of anilines is 2. The largest absolute Gasteiger partial charge is 0.397 e. The van der Waals surface area contributed by atoms with E-state index in [-0.39, 0.29) is 11.6 Å². The first-order chi connectivity index (χ1) is 8.90. The molecule has 0 atom stereocenters. The Morgan fingerprint density at radius 2 is 2.11 bits per heavy atom. The smallest absolute Gasteiger partial charge is 0.259 e. The molecular weight excluding hydrogens is 247 g/mol. The normalized spacial score (nSPS) is 10.5. The molecule has 19 heavy (non-hydrogen) atoms. The average Bonchev–Trinajstić information content (AvgIpc) is 2.58. The third-order valence-electron chi connectivity index (χ3n) is 3.00. The van der Waals surface area contributed by atoms with Gasteiger partial charge in [-0.3, -0.25) is 9.48 Å². The molecular formula is C13H15FN4O. The van der Waals surface area contributed by atoms with Crippen molar-refractivity contribution in [3.63, 3.8) is 0 Å². The molecule has 0 unspecified atom stereocenters. The number of nitrogens with zero attached hydrogens (tertiary/aromatic N) is 2. The van der Waals surface area contributed by atoms with Gasteiger partial charge in [-0.25, -0.2) is 4.39 Å². The number of benzene rings is 1. The van der Waals surface area contributed by atoms with Gasteiger partial charge in [0.05, 0.1) is 22.6 Å². The van der Waals surface area contributed by atoms with Crippen LogP contribution in [-0.4, -0.2) is 15.7 Å². The third kappa shape index (κ3) is 2.42. The molecule has 1 aromatic carbocycles. The van der Waals surface area contributed by atoms with Gasteiger partial charge in [-0.05, 0) is 32.0 Å². The summed E-state index contributed by atoms with van der Waals surface area (Å²) in [5.41, 5.74) is 8.10. The Balaban J connectivity index is 2.33. The highest BCUT2D eigenvalue weighted by molar-refractivity contribution is 6.07. The summed E-state index contributed by atoms with van der Waals surface area (Å²) in [6, 6.07) is 3.84. The van der Waals surface area contributed by atoms with Gasteiger partial charge in [0.1, 0.15) is 5.82 Å². The van der Waals surface area contributed by atoms with Crippen LogP contribution in [-0.2, 0) is 7.05 Å². The zero-order chi connectivity index (χ0) is 14.2. The molecule has 0 aliphatic heterocycles. The summed E-state index contributed by atoms with van der Waals surface area (Å²) in [7, 11) is 1.76. The molecule has 0 saturated carbocycles. The molecule has 3 N–H and O–H groups in total. The molecule has 2 rings (SSSR count). The maximum absolute atomic E-state index is 13.1. The number of carbonyl (C=O) groups is 1. The highest BCUT2D eigenvalue weighted by Gasteiger charge is 2.18. The van der Waals surface area contributed by atoms with Crippen LogP contribution in [0.5, 0.6) is 0 Å². The summed E-state index contributed by atoms with van der Waals surface area (Å²) in [5.74, 6) is -0.801. The fraction of sp³-hybridized carbons (Fsp3) is 0.231. The molecule has 0 bridgehead atoms. The minimum atomic E-state index is -0.455. The van der Waals surface area contributed by atoms with Crippen LogP contribution in [0.25, 0.3) is 0 Å². The number of carbonyl (C=O) groups excluding carboxylic acids is 1. The Kier molecular flexibility index (Phi) is 3.25. The number of hydrogen-bond acceptors (Lipinski definition) is 3. The molecule has 1 amide bonds. The van der Waals surface area contributed by atoms with E-state index < -0.39 is 5.82 Å². The van der Waals surface area contributed by atoms with Crippen molar-refractivity contribution >= 4 is 17.3 Å². The maximum atomic E-state index is 13.1. The molecule has 100 valence electrons. The van der Waals surface area contributed by atoms with E-state index in [0.29, 0.717) is 16.9 Å². The molecule has 0 radical (unpaired) electrons. The number of aryl methyl sites for hydroxylation is 2. The second kappa shape index (κ2) is 4.72. The van der Waals surface area contributed by atoms with Gasteiger partial charge in [-0.15, -0.1) is 0 Å². The second-order valence-electron chi connectivity index (χ2n) is 4.36. The minimum absolute atomic E-state index is 0.257. The van der Waals surface area contributed by atoms with Crippen molar-refractivity contribution in [3.8, 4) is 0 Å². The van der Waals surface area contributed by atoms with Gasteiger partial charge in [-0.2, -0.15) is 5.10 Å². The monoisotopic (exact) mass is 262 g/mol. The minimum Gasteiger partial charge on any atom is -0.397 e. The molecule has 6 heteroatoms. The molecule has 0 aliphatic carbocycles. The Morgan fingerprint density at radius 3 is 2.68 bits per heavy atom. The van der Waals surface area contributed by atoms with Crippen LogP contribution in [0.4, 0.5) is 15.8 Å². The zero-order valence-corrected chi connectivity index (χ0v) is 11.0. The molecule has 0 aliphatic rings. The van der Waals surface area contributed by atoms with Gasteiger partial charge < -0.3 is 11.1 Å². The summed E-state index contributed by atoms with van der Waals surface area (Å²) in [6.07, 6.45) is 0. The highest BCUT2D eigenvalue weighted by atomic mass is 19.1. The van der Waals surface area contributed by atoms with E-state index in [0.717, 1.165) is 5.69 Å². The van der Waals surface area contributed by atoms with Crippen molar-refractivity contribution < 1.29 is 9.18 Å². The quantitative estimate of drug-likeness (QED) is 0.813. The first-order valence-electron chi connectivity index (χ1n) is 5.76. The molecule has 1 heterocycles. The number of nitrogens with two attached hydrogens (primary N) is 1. The summed E-state index contributed by atoms with van der Waals surface area (Å²) in [6.45, 7) is 3.54. The predicted molar refractivity (Wildman–Crippen MR) is 71.4 cm³/mol. The molecule has 2 aromatic rings. The summed E-state index contributed by atoms with van der Waals surface area (Å²) < 4.78 is 14.8. The van der Waals surface area contributed by atoms with Crippen LogP contribution in [0.15, 0.2) is 18.2 Å². The predicted octanol–water partition coefficient (Wildman–Crippen LogP) is 2.01. The van der Waals surface area contributed by atoms with E-state index in [1.165, 1.54) is 18.2 Å². The van der Waals surface area contributed by atoms with Crippen molar-refractivity contribution in [2.45, 2.75) is 13.8 Å². The van der Waals surface area contributed by atoms with Crippen molar-refractivity contribution in [1.29, 1.82) is 0 Å². The molecule has 5 nitrogen and oxygen atoms in total. The zero-order valence-electron chi connectivity index (χ0n) is 11.0. The number of aromatic nitrogens is 2. The lowest BCUT2D eigenvalue weighted by atomic mass is 10.1. The lowest BCUT2D eigenvalue weighted by Gasteiger charge is -2.08. The van der Waals surface area contributed by atoms with E-state index >= 15 is 0 Å². The van der Waals surface area contributed by atoms with E-state index in [1.54, 1.807) is 25.6 Å².